The van der Waals surface area contributed by atoms with Crippen molar-refractivity contribution in [1.29, 1.82) is 0 Å². The minimum Gasteiger partial charge on any atom is -0.488 e. The molecule has 0 radical (unpaired) electrons. The van der Waals surface area contributed by atoms with Gasteiger partial charge < -0.3 is 9.84 Å². The van der Waals surface area contributed by atoms with Crippen LogP contribution in [-0.4, -0.2) is 10.9 Å². The Morgan fingerprint density at radius 2 is 1.90 bits per heavy atom. The van der Waals surface area contributed by atoms with Gasteiger partial charge in [0.25, 0.3) is 0 Å². The van der Waals surface area contributed by atoms with E-state index in [1.807, 2.05) is 30.3 Å². The number of carbonyl (C=O) groups excluding carboxylic acids is 1. The highest BCUT2D eigenvalue weighted by molar-refractivity contribution is 5.97. The first kappa shape index (κ1) is 14.2. The van der Waals surface area contributed by atoms with Crippen LogP contribution in [-0.2, 0) is 13.2 Å². The number of halogens is 1. The first-order valence-corrected chi connectivity index (χ1v) is 6.23. The minimum absolute atomic E-state index is 0.115. The number of hydrogen-bond acceptors (Lipinski definition) is 3. The molecule has 2 aromatic rings. The Morgan fingerprint density at radius 1 is 1.20 bits per heavy atom. The molecule has 0 saturated heterocycles. The largest absolute Gasteiger partial charge is 0.488 e. The Labute approximate surface area is 116 Å². The summed E-state index contributed by atoms with van der Waals surface area (Å²) < 4.78 is 19.3. The van der Waals surface area contributed by atoms with Crippen LogP contribution in [0.15, 0.2) is 42.5 Å². The monoisotopic (exact) mass is 274 g/mol. The maximum absolute atomic E-state index is 13.8. The molecule has 0 amide bonds. The third kappa shape index (κ3) is 3.03. The maximum Gasteiger partial charge on any atom is 0.166 e. The molecule has 0 fully saturated rings. The highest BCUT2D eigenvalue weighted by atomic mass is 19.1. The maximum atomic E-state index is 13.8. The normalized spacial score (nSPS) is 10.3. The van der Waals surface area contributed by atoms with Crippen LogP contribution in [0.3, 0.4) is 0 Å². The van der Waals surface area contributed by atoms with Crippen LogP contribution in [0.2, 0.25) is 0 Å². The van der Waals surface area contributed by atoms with E-state index < -0.39 is 11.6 Å². The van der Waals surface area contributed by atoms with E-state index in [0.717, 1.165) is 11.6 Å². The summed E-state index contributed by atoms with van der Waals surface area (Å²) in [6, 6.07) is 11.9. The highest BCUT2D eigenvalue weighted by Gasteiger charge is 2.18. The van der Waals surface area contributed by atoms with Crippen molar-refractivity contribution >= 4 is 5.78 Å². The van der Waals surface area contributed by atoms with Gasteiger partial charge in [-0.3, -0.25) is 4.79 Å². The molecule has 0 aliphatic carbocycles. The van der Waals surface area contributed by atoms with Crippen LogP contribution < -0.4 is 4.74 Å². The van der Waals surface area contributed by atoms with E-state index in [1.165, 1.54) is 13.0 Å². The number of ether oxygens (including phenoxy) is 1. The van der Waals surface area contributed by atoms with Crippen molar-refractivity contribution in [3.63, 3.8) is 0 Å². The zero-order chi connectivity index (χ0) is 14.5. The number of rotatable bonds is 5. The number of aliphatic hydroxyl groups excluding tert-OH is 1. The van der Waals surface area contributed by atoms with E-state index in [-0.39, 0.29) is 24.5 Å². The van der Waals surface area contributed by atoms with Crippen molar-refractivity contribution in [3.05, 3.63) is 65.0 Å². The molecule has 0 spiro atoms. The summed E-state index contributed by atoms with van der Waals surface area (Å²) in [5, 5.41) is 9.30. The highest BCUT2D eigenvalue weighted by Crippen LogP contribution is 2.28. The lowest BCUT2D eigenvalue weighted by molar-refractivity contribution is 0.100. The molecule has 0 bridgehead atoms. The second kappa shape index (κ2) is 6.30. The van der Waals surface area contributed by atoms with Gasteiger partial charge in [-0.05, 0) is 18.6 Å². The van der Waals surface area contributed by atoms with Gasteiger partial charge in [-0.25, -0.2) is 4.39 Å². The summed E-state index contributed by atoms with van der Waals surface area (Å²) in [7, 11) is 0. The van der Waals surface area contributed by atoms with E-state index in [1.54, 1.807) is 0 Å². The van der Waals surface area contributed by atoms with Gasteiger partial charge >= 0.3 is 0 Å². The molecule has 20 heavy (non-hydrogen) atoms. The fourth-order valence-corrected chi connectivity index (χ4v) is 1.95. The summed E-state index contributed by atoms with van der Waals surface area (Å²) in [6.07, 6.45) is 0. The Kier molecular flexibility index (Phi) is 4.48. The molecule has 0 aromatic heterocycles. The predicted molar refractivity (Wildman–Crippen MR) is 73.1 cm³/mol. The standard InChI is InChI=1S/C16H15FO3/c1-11(19)15-14(17)8-7-13(9-18)16(15)20-10-12-5-3-2-4-6-12/h2-8,18H,9-10H2,1H3. The van der Waals surface area contributed by atoms with Crippen LogP contribution in [0.1, 0.15) is 28.4 Å². The van der Waals surface area contributed by atoms with Crippen LogP contribution in [0.4, 0.5) is 4.39 Å². The lowest BCUT2D eigenvalue weighted by Crippen LogP contribution is -2.07. The fourth-order valence-electron chi connectivity index (χ4n) is 1.95. The van der Waals surface area contributed by atoms with E-state index in [0.29, 0.717) is 5.56 Å². The molecule has 0 unspecified atom stereocenters. The van der Waals surface area contributed by atoms with E-state index in [9.17, 15) is 14.3 Å². The van der Waals surface area contributed by atoms with E-state index >= 15 is 0 Å². The second-order valence-electron chi connectivity index (χ2n) is 4.40. The average molecular weight is 274 g/mol. The Hall–Kier alpha value is -2.20. The van der Waals surface area contributed by atoms with Crippen molar-refractivity contribution in [2.45, 2.75) is 20.1 Å². The lowest BCUT2D eigenvalue weighted by Gasteiger charge is -2.14. The SMILES string of the molecule is CC(=O)c1c(F)ccc(CO)c1OCc1ccccc1. The van der Waals surface area contributed by atoms with Gasteiger partial charge in [0.2, 0.25) is 0 Å². The number of benzene rings is 2. The predicted octanol–water partition coefficient (Wildman–Crippen LogP) is 3.10. The number of hydrogen-bond donors (Lipinski definition) is 1. The Bertz CT molecular complexity index is 609. The molecule has 2 aromatic carbocycles. The van der Waals surface area contributed by atoms with Gasteiger partial charge in [0, 0.05) is 5.56 Å². The van der Waals surface area contributed by atoms with E-state index in [4.69, 9.17) is 4.74 Å². The number of carbonyl (C=O) groups is 1. The third-order valence-corrected chi connectivity index (χ3v) is 2.94. The quantitative estimate of drug-likeness (QED) is 0.852. The number of aliphatic hydroxyl groups is 1. The van der Waals surface area contributed by atoms with Gasteiger partial charge in [-0.15, -0.1) is 0 Å². The number of Topliss-reactive ketones (excluding diaryl/α,β-unsaturated/α-hetero) is 1. The summed E-state index contributed by atoms with van der Waals surface area (Å²) in [5.41, 5.74) is 1.18. The summed E-state index contributed by atoms with van der Waals surface area (Å²) in [6.45, 7) is 1.16. The van der Waals surface area contributed by atoms with Crippen molar-refractivity contribution in [1.82, 2.24) is 0 Å². The Morgan fingerprint density at radius 3 is 2.50 bits per heavy atom. The number of ketones is 1. The molecule has 2 rings (SSSR count). The molecule has 104 valence electrons. The molecule has 1 N–H and O–H groups in total. The van der Waals surface area contributed by atoms with Crippen LogP contribution in [0.25, 0.3) is 0 Å². The summed E-state index contributed by atoms with van der Waals surface area (Å²) >= 11 is 0. The molecule has 0 saturated carbocycles. The zero-order valence-electron chi connectivity index (χ0n) is 11.1. The van der Waals surface area contributed by atoms with Gasteiger partial charge in [0.15, 0.2) is 5.78 Å². The smallest absolute Gasteiger partial charge is 0.166 e. The molecule has 0 atom stereocenters. The van der Waals surface area contributed by atoms with E-state index in [2.05, 4.69) is 0 Å². The van der Waals surface area contributed by atoms with Crippen molar-refractivity contribution in [3.8, 4) is 5.75 Å². The zero-order valence-corrected chi connectivity index (χ0v) is 11.1. The summed E-state index contributed by atoms with van der Waals surface area (Å²) in [4.78, 5) is 11.6. The van der Waals surface area contributed by atoms with Gasteiger partial charge in [0.1, 0.15) is 18.2 Å². The van der Waals surface area contributed by atoms with Crippen LogP contribution >= 0.6 is 0 Å². The van der Waals surface area contributed by atoms with Crippen LogP contribution in [0.5, 0.6) is 5.75 Å². The van der Waals surface area contributed by atoms with Gasteiger partial charge in [-0.1, -0.05) is 36.4 Å². The molecule has 0 heterocycles. The van der Waals surface area contributed by atoms with Crippen molar-refractivity contribution < 1.29 is 19.0 Å². The molecule has 3 nitrogen and oxygen atoms in total. The first-order chi connectivity index (χ1) is 9.63. The molecular weight excluding hydrogens is 259 g/mol. The molecule has 0 aliphatic heterocycles. The van der Waals surface area contributed by atoms with Crippen LogP contribution in [0, 0.1) is 5.82 Å². The third-order valence-electron chi connectivity index (χ3n) is 2.94. The van der Waals surface area contributed by atoms with Gasteiger partial charge in [0.05, 0.1) is 12.2 Å². The van der Waals surface area contributed by atoms with Gasteiger partial charge in [-0.2, -0.15) is 0 Å². The fraction of sp³-hybridized carbons (Fsp3) is 0.188. The topological polar surface area (TPSA) is 46.5 Å². The Balaban J connectivity index is 2.34. The van der Waals surface area contributed by atoms with Crippen molar-refractivity contribution in [2.75, 3.05) is 0 Å². The lowest BCUT2D eigenvalue weighted by atomic mass is 10.1. The molecular formula is C16H15FO3. The molecule has 4 heteroatoms. The minimum atomic E-state index is -0.641. The average Bonchev–Trinajstić information content (AvgIpc) is 2.45. The van der Waals surface area contributed by atoms with Crippen molar-refractivity contribution in [2.24, 2.45) is 0 Å². The first-order valence-electron chi connectivity index (χ1n) is 6.23. The second-order valence-corrected chi connectivity index (χ2v) is 4.40. The molecule has 0 aliphatic rings. The summed E-state index contributed by atoms with van der Waals surface area (Å²) in [5.74, 6) is -0.956.